The molecule has 92 valence electrons. The summed E-state index contributed by atoms with van der Waals surface area (Å²) in [5.41, 5.74) is 5.69. The molecule has 2 aliphatic rings. The van der Waals surface area contributed by atoms with Crippen molar-refractivity contribution in [1.82, 2.24) is 9.80 Å². The summed E-state index contributed by atoms with van der Waals surface area (Å²) in [6, 6.07) is 0.530. The fourth-order valence-electron chi connectivity index (χ4n) is 2.46. The summed E-state index contributed by atoms with van der Waals surface area (Å²) in [4.78, 5) is 16.1. The van der Waals surface area contributed by atoms with Gasteiger partial charge < -0.3 is 10.6 Å². The van der Waals surface area contributed by atoms with E-state index < -0.39 is 0 Å². The van der Waals surface area contributed by atoms with Gasteiger partial charge in [-0.2, -0.15) is 0 Å². The first-order valence-corrected chi connectivity index (χ1v) is 6.38. The average molecular weight is 225 g/mol. The van der Waals surface area contributed by atoms with E-state index in [4.69, 9.17) is 5.73 Å². The Kier molecular flexibility index (Phi) is 3.82. The third-order valence-electron chi connectivity index (χ3n) is 3.78. The van der Waals surface area contributed by atoms with Gasteiger partial charge in [-0.15, -0.1) is 0 Å². The molecule has 4 nitrogen and oxygen atoms in total. The molecule has 1 aliphatic carbocycles. The summed E-state index contributed by atoms with van der Waals surface area (Å²) in [5, 5.41) is 0. The second-order valence-corrected chi connectivity index (χ2v) is 5.21. The first-order chi connectivity index (χ1) is 7.70. The molecule has 1 atom stereocenters. The number of nitrogens with two attached hydrogens (primary N) is 1. The second kappa shape index (κ2) is 5.15. The molecular weight excluding hydrogens is 202 g/mol. The minimum Gasteiger partial charge on any atom is -0.342 e. The molecule has 0 aromatic heterocycles. The van der Waals surface area contributed by atoms with Gasteiger partial charge in [0.15, 0.2) is 0 Å². The largest absolute Gasteiger partial charge is 0.342 e. The number of rotatable bonds is 4. The molecule has 0 radical (unpaired) electrons. The molecule has 1 unspecified atom stereocenters. The van der Waals surface area contributed by atoms with Crippen molar-refractivity contribution in [1.29, 1.82) is 0 Å². The smallest absolute Gasteiger partial charge is 0.236 e. The molecule has 2 N–H and O–H groups in total. The summed E-state index contributed by atoms with van der Waals surface area (Å²) in [6.07, 6.45) is 4.78. The quantitative estimate of drug-likeness (QED) is 0.747. The summed E-state index contributed by atoms with van der Waals surface area (Å²) < 4.78 is 0. The third-order valence-corrected chi connectivity index (χ3v) is 3.78. The predicted octanol–water partition coefficient (Wildman–Crippen LogP) is 0.278. The molecule has 2 rings (SSSR count). The van der Waals surface area contributed by atoms with Crippen molar-refractivity contribution in [3.05, 3.63) is 0 Å². The predicted molar refractivity (Wildman–Crippen MR) is 64.0 cm³/mol. The van der Waals surface area contributed by atoms with Crippen LogP contribution in [-0.2, 0) is 4.79 Å². The fraction of sp³-hybridized carbons (Fsp3) is 0.917. The van der Waals surface area contributed by atoms with E-state index >= 15 is 0 Å². The first kappa shape index (κ1) is 11.9. The Morgan fingerprint density at radius 2 is 2.19 bits per heavy atom. The number of piperidine rings is 1. The van der Waals surface area contributed by atoms with Crippen molar-refractivity contribution in [2.75, 3.05) is 33.2 Å². The Morgan fingerprint density at radius 3 is 2.81 bits per heavy atom. The Hall–Kier alpha value is -0.610. The van der Waals surface area contributed by atoms with Crippen LogP contribution in [0.4, 0.5) is 0 Å². The highest BCUT2D eigenvalue weighted by Crippen LogP contribution is 2.25. The maximum atomic E-state index is 11.9. The molecule has 1 amide bonds. The molecule has 16 heavy (non-hydrogen) atoms. The highest BCUT2D eigenvalue weighted by atomic mass is 16.2. The number of amides is 1. The normalized spacial score (nSPS) is 26.8. The van der Waals surface area contributed by atoms with Gasteiger partial charge in [-0.1, -0.05) is 0 Å². The lowest BCUT2D eigenvalue weighted by Crippen LogP contribution is -2.44. The van der Waals surface area contributed by atoms with Crippen LogP contribution in [-0.4, -0.2) is 55.0 Å². The minimum atomic E-state index is 0.278. The highest BCUT2D eigenvalue weighted by molar-refractivity contribution is 5.78. The van der Waals surface area contributed by atoms with Crippen molar-refractivity contribution in [3.63, 3.8) is 0 Å². The third kappa shape index (κ3) is 2.95. The Balaban J connectivity index is 1.77. The van der Waals surface area contributed by atoms with Gasteiger partial charge in [0, 0.05) is 19.6 Å². The lowest BCUT2D eigenvalue weighted by atomic mass is 9.98. The molecule has 4 heteroatoms. The van der Waals surface area contributed by atoms with E-state index in [-0.39, 0.29) is 5.91 Å². The van der Waals surface area contributed by atoms with Crippen LogP contribution in [0.1, 0.15) is 25.7 Å². The number of likely N-dealkylation sites (tertiary alicyclic amines) is 1. The van der Waals surface area contributed by atoms with Gasteiger partial charge in [0.05, 0.1) is 6.54 Å². The highest BCUT2D eigenvalue weighted by Gasteiger charge is 2.30. The van der Waals surface area contributed by atoms with Gasteiger partial charge in [0.2, 0.25) is 5.91 Å². The van der Waals surface area contributed by atoms with Crippen molar-refractivity contribution in [2.24, 2.45) is 11.7 Å². The molecule has 0 bridgehead atoms. The van der Waals surface area contributed by atoms with Crippen LogP contribution >= 0.6 is 0 Å². The molecule has 0 spiro atoms. The van der Waals surface area contributed by atoms with Crippen LogP contribution in [0, 0.1) is 5.92 Å². The standard InChI is InChI=1S/C12H23N3O/c1-14(11-4-5-11)12(16)9-15-6-2-3-10(7-13)8-15/h10-11H,2-9,13H2,1H3. The molecule has 0 aromatic carbocycles. The average Bonchev–Trinajstić information content (AvgIpc) is 3.12. The zero-order valence-corrected chi connectivity index (χ0v) is 10.2. The van der Waals surface area contributed by atoms with Crippen LogP contribution in [0.2, 0.25) is 0 Å². The van der Waals surface area contributed by atoms with E-state index in [9.17, 15) is 4.79 Å². The first-order valence-electron chi connectivity index (χ1n) is 6.38. The fourth-order valence-corrected chi connectivity index (χ4v) is 2.46. The Bertz CT molecular complexity index is 253. The van der Waals surface area contributed by atoms with Crippen molar-refractivity contribution in [2.45, 2.75) is 31.7 Å². The van der Waals surface area contributed by atoms with E-state index in [2.05, 4.69) is 4.90 Å². The lowest BCUT2D eigenvalue weighted by Gasteiger charge is -2.32. The van der Waals surface area contributed by atoms with E-state index in [1.54, 1.807) is 0 Å². The number of carbonyl (C=O) groups excluding carboxylic acids is 1. The monoisotopic (exact) mass is 225 g/mol. The number of hydrogen-bond donors (Lipinski definition) is 1. The van der Waals surface area contributed by atoms with E-state index in [0.717, 1.165) is 19.6 Å². The number of nitrogens with zero attached hydrogens (tertiary/aromatic N) is 2. The van der Waals surface area contributed by atoms with Gasteiger partial charge in [-0.3, -0.25) is 9.69 Å². The lowest BCUT2D eigenvalue weighted by molar-refractivity contribution is -0.132. The van der Waals surface area contributed by atoms with Gasteiger partial charge in [0.1, 0.15) is 0 Å². The van der Waals surface area contributed by atoms with Crippen molar-refractivity contribution >= 4 is 5.91 Å². The number of hydrogen-bond acceptors (Lipinski definition) is 3. The Labute approximate surface area is 97.8 Å². The maximum Gasteiger partial charge on any atom is 0.236 e. The van der Waals surface area contributed by atoms with Gasteiger partial charge in [-0.25, -0.2) is 0 Å². The summed E-state index contributed by atoms with van der Waals surface area (Å²) in [6.45, 7) is 3.40. The SMILES string of the molecule is CN(C(=O)CN1CCCC(CN)C1)C1CC1. The van der Waals surface area contributed by atoms with E-state index in [0.29, 0.717) is 18.5 Å². The number of likely N-dealkylation sites (N-methyl/N-ethyl adjacent to an activating group) is 1. The van der Waals surface area contributed by atoms with Crippen molar-refractivity contribution < 1.29 is 4.79 Å². The van der Waals surface area contributed by atoms with Crippen LogP contribution in [0.25, 0.3) is 0 Å². The van der Waals surface area contributed by atoms with E-state index in [1.165, 1.54) is 25.7 Å². The molecule has 2 fully saturated rings. The molecule has 1 heterocycles. The van der Waals surface area contributed by atoms with Crippen LogP contribution in [0.3, 0.4) is 0 Å². The van der Waals surface area contributed by atoms with E-state index in [1.807, 2.05) is 11.9 Å². The van der Waals surface area contributed by atoms with Gasteiger partial charge >= 0.3 is 0 Å². The number of carbonyl (C=O) groups is 1. The molecular formula is C12H23N3O. The second-order valence-electron chi connectivity index (χ2n) is 5.21. The summed E-state index contributed by atoms with van der Waals surface area (Å²) in [7, 11) is 1.93. The topological polar surface area (TPSA) is 49.6 Å². The van der Waals surface area contributed by atoms with Crippen molar-refractivity contribution in [3.8, 4) is 0 Å². The van der Waals surface area contributed by atoms with Gasteiger partial charge in [-0.05, 0) is 44.7 Å². The zero-order valence-electron chi connectivity index (χ0n) is 10.2. The van der Waals surface area contributed by atoms with Gasteiger partial charge in [0.25, 0.3) is 0 Å². The van der Waals surface area contributed by atoms with Crippen LogP contribution in [0.5, 0.6) is 0 Å². The van der Waals surface area contributed by atoms with Crippen LogP contribution < -0.4 is 5.73 Å². The minimum absolute atomic E-state index is 0.278. The summed E-state index contributed by atoms with van der Waals surface area (Å²) >= 11 is 0. The molecule has 1 saturated carbocycles. The Morgan fingerprint density at radius 1 is 1.44 bits per heavy atom. The van der Waals surface area contributed by atoms with Crippen LogP contribution in [0.15, 0.2) is 0 Å². The molecule has 0 aromatic rings. The maximum absolute atomic E-state index is 11.9. The zero-order chi connectivity index (χ0) is 11.5. The molecule has 1 aliphatic heterocycles. The molecule has 1 saturated heterocycles. The summed E-state index contributed by atoms with van der Waals surface area (Å²) in [5.74, 6) is 0.868.